The van der Waals surface area contributed by atoms with Crippen molar-refractivity contribution in [1.82, 2.24) is 9.88 Å². The number of carbonyl (C=O) groups excluding carboxylic acids is 2. The molecule has 30 heavy (non-hydrogen) atoms. The molecule has 0 saturated carbocycles. The molecule has 7 heteroatoms. The van der Waals surface area contributed by atoms with Gasteiger partial charge in [0.1, 0.15) is 17.5 Å². The topological polar surface area (TPSA) is 88.4 Å². The van der Waals surface area contributed by atoms with Crippen molar-refractivity contribution in [1.29, 1.82) is 0 Å². The average molecular weight is 407 g/mol. The van der Waals surface area contributed by atoms with Crippen molar-refractivity contribution in [3.8, 4) is 5.75 Å². The summed E-state index contributed by atoms with van der Waals surface area (Å²) in [5.74, 6) is -1.81. The normalized spacial score (nSPS) is 25.1. The quantitative estimate of drug-likeness (QED) is 0.652. The van der Waals surface area contributed by atoms with Gasteiger partial charge >= 0.3 is 0 Å². The molecule has 3 atom stereocenters. The lowest BCUT2D eigenvalue weighted by Crippen LogP contribution is -2.64. The zero-order chi connectivity index (χ0) is 21.0. The number of para-hydroxylation sites is 1. The number of nitrogens with zero attached hydrogens (tertiary/aromatic N) is 1. The van der Waals surface area contributed by atoms with Crippen molar-refractivity contribution < 1.29 is 18.7 Å². The Bertz CT molecular complexity index is 1170. The molecule has 1 fully saturated rings. The number of nitrogens with one attached hydrogen (secondary N) is 1. The summed E-state index contributed by atoms with van der Waals surface area (Å²) < 4.78 is 20.0. The Balaban J connectivity index is 1.49. The van der Waals surface area contributed by atoms with E-state index >= 15 is 0 Å². The summed E-state index contributed by atoms with van der Waals surface area (Å²) >= 11 is 0. The molecule has 5 rings (SSSR count). The first-order chi connectivity index (χ1) is 14.4. The second-order valence-corrected chi connectivity index (χ2v) is 8.25. The molecule has 3 N–H and O–H groups in total. The van der Waals surface area contributed by atoms with Crippen LogP contribution in [0.3, 0.4) is 0 Å². The molecule has 2 amide bonds. The minimum atomic E-state index is -0.927. The molecule has 1 aromatic heterocycles. The van der Waals surface area contributed by atoms with Crippen LogP contribution in [0.5, 0.6) is 5.75 Å². The molecular formula is C23H22FN3O3. The largest absolute Gasteiger partial charge is 0.468 e. The van der Waals surface area contributed by atoms with Crippen LogP contribution in [-0.2, 0) is 16.0 Å². The van der Waals surface area contributed by atoms with Crippen LogP contribution in [0, 0.1) is 11.7 Å². The third kappa shape index (κ3) is 2.76. The van der Waals surface area contributed by atoms with E-state index < -0.39 is 17.6 Å². The van der Waals surface area contributed by atoms with E-state index in [2.05, 4.69) is 4.98 Å². The minimum absolute atomic E-state index is 0.302. The number of piperidine rings is 1. The molecule has 1 saturated heterocycles. The molecule has 2 bridgehead atoms. The number of aromatic amines is 1. The highest BCUT2D eigenvalue weighted by atomic mass is 19.1. The van der Waals surface area contributed by atoms with Crippen LogP contribution in [0.15, 0.2) is 48.7 Å². The fraction of sp³-hybridized carbons (Fsp3) is 0.304. The number of halogens is 1. The number of primary amides is 1. The second-order valence-electron chi connectivity index (χ2n) is 8.25. The van der Waals surface area contributed by atoms with Crippen LogP contribution in [0.25, 0.3) is 10.9 Å². The number of hydrogen-bond acceptors (Lipinski definition) is 3. The van der Waals surface area contributed by atoms with E-state index in [-0.39, 0.29) is 17.6 Å². The highest BCUT2D eigenvalue weighted by molar-refractivity contribution is 6.02. The van der Waals surface area contributed by atoms with Crippen LogP contribution in [0.1, 0.15) is 30.4 Å². The first-order valence-corrected chi connectivity index (χ1v) is 10.0. The third-order valence-electron chi connectivity index (χ3n) is 6.39. The van der Waals surface area contributed by atoms with E-state index in [0.717, 1.165) is 22.0 Å². The van der Waals surface area contributed by atoms with E-state index in [1.807, 2.05) is 37.4 Å². The monoisotopic (exact) mass is 407 g/mol. The summed E-state index contributed by atoms with van der Waals surface area (Å²) in [6, 6.07) is 12.1. The van der Waals surface area contributed by atoms with Crippen LogP contribution in [0.2, 0.25) is 0 Å². The number of fused-ring (bicyclic) bond motifs is 5. The van der Waals surface area contributed by atoms with Crippen molar-refractivity contribution in [3.63, 3.8) is 0 Å². The summed E-state index contributed by atoms with van der Waals surface area (Å²) in [5.41, 5.74) is 7.37. The zero-order valence-corrected chi connectivity index (χ0v) is 16.5. The number of likely N-dealkylation sites (tertiary alicyclic amines) is 1. The molecule has 2 aliphatic heterocycles. The van der Waals surface area contributed by atoms with Crippen LogP contribution < -0.4 is 10.5 Å². The van der Waals surface area contributed by atoms with E-state index in [1.54, 1.807) is 11.0 Å². The van der Waals surface area contributed by atoms with Crippen molar-refractivity contribution in [3.05, 3.63) is 65.6 Å². The van der Waals surface area contributed by atoms with Gasteiger partial charge in [-0.2, -0.15) is 0 Å². The molecule has 0 aliphatic carbocycles. The Morgan fingerprint density at radius 1 is 1.33 bits per heavy atom. The Hall–Kier alpha value is -3.35. The molecule has 6 nitrogen and oxygen atoms in total. The van der Waals surface area contributed by atoms with E-state index in [9.17, 15) is 14.0 Å². The lowest BCUT2D eigenvalue weighted by Gasteiger charge is -2.52. The fourth-order valence-electron chi connectivity index (χ4n) is 4.97. The van der Waals surface area contributed by atoms with Gasteiger partial charge < -0.3 is 20.4 Å². The van der Waals surface area contributed by atoms with Gasteiger partial charge in [0.15, 0.2) is 5.72 Å². The summed E-state index contributed by atoms with van der Waals surface area (Å²) in [4.78, 5) is 30.4. The van der Waals surface area contributed by atoms with Gasteiger partial charge in [0.2, 0.25) is 11.8 Å². The molecule has 0 radical (unpaired) electrons. The number of benzene rings is 2. The highest BCUT2D eigenvalue weighted by Crippen LogP contribution is 2.50. The number of rotatable bonds is 4. The molecule has 3 aromatic rings. The van der Waals surface area contributed by atoms with Crippen LogP contribution in [-0.4, -0.2) is 34.0 Å². The maximum atomic E-state index is 13.7. The summed E-state index contributed by atoms with van der Waals surface area (Å²) in [6.45, 7) is 2.21. The Morgan fingerprint density at radius 3 is 2.93 bits per heavy atom. The van der Waals surface area contributed by atoms with E-state index in [0.29, 0.717) is 25.1 Å². The summed E-state index contributed by atoms with van der Waals surface area (Å²) in [6.07, 6.45) is 2.81. The van der Waals surface area contributed by atoms with Gasteiger partial charge in [-0.05, 0) is 48.7 Å². The molecule has 2 aromatic carbocycles. The van der Waals surface area contributed by atoms with Gasteiger partial charge in [0.05, 0.1) is 0 Å². The fourth-order valence-corrected chi connectivity index (χ4v) is 4.97. The van der Waals surface area contributed by atoms with Gasteiger partial charge in [-0.1, -0.05) is 18.2 Å². The van der Waals surface area contributed by atoms with Gasteiger partial charge in [0, 0.05) is 36.0 Å². The minimum Gasteiger partial charge on any atom is -0.468 e. The average Bonchev–Trinajstić information content (AvgIpc) is 3.09. The van der Waals surface area contributed by atoms with Gasteiger partial charge in [-0.15, -0.1) is 0 Å². The number of nitrogens with two attached hydrogens (primary N) is 1. The maximum Gasteiger partial charge on any atom is 0.238 e. The number of hydrogen-bond donors (Lipinski definition) is 2. The van der Waals surface area contributed by atoms with E-state index in [4.69, 9.17) is 10.5 Å². The predicted molar refractivity (Wildman–Crippen MR) is 109 cm³/mol. The third-order valence-corrected chi connectivity index (χ3v) is 6.39. The van der Waals surface area contributed by atoms with Crippen molar-refractivity contribution in [2.75, 3.05) is 6.54 Å². The second kappa shape index (κ2) is 6.58. The number of H-pyrrole nitrogens is 1. The maximum absolute atomic E-state index is 13.7. The molecular weight excluding hydrogens is 385 g/mol. The van der Waals surface area contributed by atoms with Gasteiger partial charge in [0.25, 0.3) is 0 Å². The first-order valence-electron chi connectivity index (χ1n) is 10.0. The Labute approximate surface area is 172 Å². The molecule has 3 unspecified atom stereocenters. The first kappa shape index (κ1) is 18.7. The standard InChI is InChI=1S/C23H22FN3O3/c1-23-11-17(15-4-2-3-5-19(15)30-23)20(21(25)28)22(29)27(23)9-8-13-12-26-18-7-6-14(24)10-16(13)18/h2-7,10,12,17,20,26H,8-9,11H2,1H3,(H2,25,28). The number of carbonyl (C=O) groups is 2. The van der Waals surface area contributed by atoms with Crippen molar-refractivity contribution in [2.24, 2.45) is 11.7 Å². The zero-order valence-electron chi connectivity index (χ0n) is 16.5. The lowest BCUT2D eigenvalue weighted by atomic mass is 9.73. The van der Waals surface area contributed by atoms with Crippen LogP contribution >= 0.6 is 0 Å². The molecule has 2 aliphatic rings. The molecule has 154 valence electrons. The lowest BCUT2D eigenvalue weighted by molar-refractivity contribution is -0.175. The molecule has 3 heterocycles. The van der Waals surface area contributed by atoms with Crippen molar-refractivity contribution in [2.45, 2.75) is 31.4 Å². The number of amides is 2. The van der Waals surface area contributed by atoms with Gasteiger partial charge in [-0.3, -0.25) is 9.59 Å². The SMILES string of the molecule is CC12CC(c3ccccc3O1)C(C(N)=O)C(=O)N2CCc1c[nH]c2ccc(F)cc12. The predicted octanol–water partition coefficient (Wildman–Crippen LogP) is 3.08. The number of ether oxygens (including phenoxy) is 1. The van der Waals surface area contributed by atoms with Gasteiger partial charge in [-0.25, -0.2) is 4.39 Å². The highest BCUT2D eigenvalue weighted by Gasteiger charge is 2.55. The van der Waals surface area contributed by atoms with Crippen molar-refractivity contribution >= 4 is 22.7 Å². The number of aromatic nitrogens is 1. The Kier molecular flexibility index (Phi) is 4.10. The van der Waals surface area contributed by atoms with Crippen LogP contribution in [0.4, 0.5) is 4.39 Å². The summed E-state index contributed by atoms with van der Waals surface area (Å²) in [5, 5.41) is 0.781. The Morgan fingerprint density at radius 2 is 2.13 bits per heavy atom. The summed E-state index contributed by atoms with van der Waals surface area (Å²) in [7, 11) is 0. The molecule has 0 spiro atoms. The van der Waals surface area contributed by atoms with E-state index in [1.165, 1.54) is 12.1 Å². The smallest absolute Gasteiger partial charge is 0.238 e.